The van der Waals surface area contributed by atoms with E-state index in [9.17, 15) is 9.59 Å². The van der Waals surface area contributed by atoms with Crippen molar-refractivity contribution < 1.29 is 0 Å². The van der Waals surface area contributed by atoms with Crippen molar-refractivity contribution in [3.05, 3.63) is 80.7 Å². The minimum atomic E-state index is -0.609. The van der Waals surface area contributed by atoms with E-state index in [1.54, 1.807) is 4.57 Å². The SMILES string of the molecule is CC1(C)[C@H]2CC[C@@]1(C)[C@H](n1c(=O)n3n(c1=O)[C@]1(C)C=C[C@@H]3[C@]34C=C[C@]13c1ccccc1CC4)C2. The summed E-state index contributed by atoms with van der Waals surface area (Å²) >= 11 is 0. The van der Waals surface area contributed by atoms with Crippen molar-refractivity contribution in [2.45, 2.75) is 82.8 Å². The van der Waals surface area contributed by atoms with Crippen molar-refractivity contribution in [1.82, 2.24) is 13.9 Å². The van der Waals surface area contributed by atoms with Crippen LogP contribution in [0.1, 0.15) is 76.6 Å². The predicted octanol–water partition coefficient (Wildman–Crippen LogP) is 4.48. The third-order valence-electron chi connectivity index (χ3n) is 12.3. The highest BCUT2D eigenvalue weighted by Crippen LogP contribution is 2.73. The molecule has 0 unspecified atom stereocenters. The Hall–Kier alpha value is -2.56. The van der Waals surface area contributed by atoms with Crippen LogP contribution < -0.4 is 11.4 Å². The van der Waals surface area contributed by atoms with Gasteiger partial charge in [0.25, 0.3) is 0 Å². The van der Waals surface area contributed by atoms with Gasteiger partial charge in [-0.25, -0.2) is 23.5 Å². The molecule has 3 heterocycles. The van der Waals surface area contributed by atoms with Gasteiger partial charge in [-0.15, -0.1) is 0 Å². The molecule has 2 aliphatic heterocycles. The summed E-state index contributed by atoms with van der Waals surface area (Å²) in [5, 5.41) is 0. The average Bonchev–Trinajstić information content (AvgIpc) is 3.26. The van der Waals surface area contributed by atoms with Crippen LogP contribution in [0.4, 0.5) is 0 Å². The Morgan fingerprint density at radius 3 is 2.41 bits per heavy atom. The van der Waals surface area contributed by atoms with Gasteiger partial charge in [-0.05, 0) is 66.9 Å². The largest absolute Gasteiger partial charge is 0.348 e. The molecule has 7 aliphatic rings. The molecular formula is C29H33N3O2. The van der Waals surface area contributed by atoms with Crippen molar-refractivity contribution in [2.24, 2.45) is 22.2 Å². The standard InChI is InChI=1S/C29H33N3O2/c1-25(2)19-10-12-26(25,3)22(17-19)30-23(33)31-21-11-13-27(4,32(31)24(30)34)29-16-15-28(21,29)14-9-18-7-5-6-8-20(18)29/h5-8,11,13,15-16,19,21-22H,9-10,12,14,17H2,1-4H3/t19-,21+,22+,26-,27+,28-,29-/m0/s1. The molecule has 5 nitrogen and oxygen atoms in total. The third kappa shape index (κ3) is 1.59. The van der Waals surface area contributed by atoms with E-state index < -0.39 is 5.54 Å². The molecular weight excluding hydrogens is 422 g/mol. The number of rotatable bonds is 1. The fraction of sp³-hybridized carbons (Fsp3) is 0.586. The van der Waals surface area contributed by atoms with Gasteiger partial charge in [-0.2, -0.15) is 0 Å². The van der Waals surface area contributed by atoms with Crippen LogP contribution in [-0.2, 0) is 17.4 Å². The highest BCUT2D eigenvalue weighted by molar-refractivity contribution is 5.59. The summed E-state index contributed by atoms with van der Waals surface area (Å²) in [4.78, 5) is 28.6. The minimum absolute atomic E-state index is 0.0234. The van der Waals surface area contributed by atoms with E-state index in [0.717, 1.165) is 25.7 Å². The molecule has 0 radical (unpaired) electrons. The Bertz CT molecular complexity index is 1490. The van der Waals surface area contributed by atoms with Gasteiger partial charge in [0.15, 0.2) is 0 Å². The van der Waals surface area contributed by atoms with Crippen LogP contribution in [0.5, 0.6) is 0 Å². The minimum Gasteiger partial charge on any atom is -0.246 e. The molecule has 5 heteroatoms. The molecule has 34 heavy (non-hydrogen) atoms. The van der Waals surface area contributed by atoms with Crippen LogP contribution in [0.2, 0.25) is 0 Å². The van der Waals surface area contributed by atoms with Gasteiger partial charge in [-0.3, -0.25) is 0 Å². The second kappa shape index (κ2) is 5.32. The summed E-state index contributed by atoms with van der Waals surface area (Å²) in [7, 11) is 0. The Balaban J connectivity index is 1.42. The van der Waals surface area contributed by atoms with Crippen molar-refractivity contribution in [1.29, 1.82) is 0 Å². The second-order valence-electron chi connectivity index (χ2n) is 13.0. The van der Waals surface area contributed by atoms with E-state index in [2.05, 4.69) is 76.3 Å². The van der Waals surface area contributed by atoms with Gasteiger partial charge >= 0.3 is 11.4 Å². The molecule has 4 bridgehead atoms. The van der Waals surface area contributed by atoms with Crippen molar-refractivity contribution in [3.8, 4) is 0 Å². The lowest BCUT2D eigenvalue weighted by Crippen LogP contribution is -2.74. The van der Waals surface area contributed by atoms with Gasteiger partial charge in [0.05, 0.1) is 17.0 Å². The molecule has 2 aromatic rings. The first-order chi connectivity index (χ1) is 16.1. The number of hydrogen-bond acceptors (Lipinski definition) is 2. The lowest BCUT2D eigenvalue weighted by molar-refractivity contribution is -0.0557. The number of hydrogen-bond donors (Lipinski definition) is 0. The summed E-state index contributed by atoms with van der Waals surface area (Å²) in [5.74, 6) is 0.575. The number of allylic oxidation sites excluding steroid dienone is 4. The van der Waals surface area contributed by atoms with Crippen LogP contribution >= 0.6 is 0 Å². The van der Waals surface area contributed by atoms with Gasteiger partial charge in [0.1, 0.15) is 0 Å². The highest BCUT2D eigenvalue weighted by Gasteiger charge is 2.74. The number of benzene rings is 1. The summed E-state index contributed by atoms with van der Waals surface area (Å²) in [6.07, 6.45) is 14.4. The first kappa shape index (κ1) is 19.7. The molecule has 1 aromatic heterocycles. The van der Waals surface area contributed by atoms with E-state index in [1.807, 2.05) is 9.36 Å². The van der Waals surface area contributed by atoms with E-state index in [0.29, 0.717) is 5.92 Å². The smallest absolute Gasteiger partial charge is 0.246 e. The molecule has 2 fully saturated rings. The molecule has 5 aliphatic carbocycles. The molecule has 7 atom stereocenters. The maximum Gasteiger partial charge on any atom is 0.348 e. The summed E-state index contributed by atoms with van der Waals surface area (Å²) in [6.45, 7) is 9.21. The zero-order valence-corrected chi connectivity index (χ0v) is 20.5. The van der Waals surface area contributed by atoms with E-state index in [4.69, 9.17) is 0 Å². The second-order valence-corrected chi connectivity index (χ2v) is 13.0. The van der Waals surface area contributed by atoms with E-state index in [1.165, 1.54) is 17.5 Å². The van der Waals surface area contributed by atoms with Crippen molar-refractivity contribution in [3.63, 3.8) is 0 Å². The topological polar surface area (TPSA) is 48.9 Å². The van der Waals surface area contributed by atoms with Crippen LogP contribution in [-0.4, -0.2) is 13.9 Å². The first-order valence-electron chi connectivity index (χ1n) is 13.1. The van der Waals surface area contributed by atoms with E-state index in [-0.39, 0.29) is 45.1 Å². The summed E-state index contributed by atoms with van der Waals surface area (Å²) in [5.41, 5.74) is 1.59. The summed E-state index contributed by atoms with van der Waals surface area (Å²) in [6, 6.07) is 8.62. The first-order valence-corrected chi connectivity index (χ1v) is 13.1. The number of aromatic nitrogens is 3. The fourth-order valence-corrected chi connectivity index (χ4v) is 10.0. The Morgan fingerprint density at radius 1 is 0.941 bits per heavy atom. The number of fused-ring (bicyclic) bond motifs is 3. The van der Waals surface area contributed by atoms with E-state index >= 15 is 0 Å². The monoisotopic (exact) mass is 455 g/mol. The van der Waals surface area contributed by atoms with Crippen molar-refractivity contribution in [2.75, 3.05) is 0 Å². The fourth-order valence-electron chi connectivity index (χ4n) is 10.0. The maximum absolute atomic E-state index is 14.4. The number of aryl methyl sites for hydroxylation is 1. The molecule has 176 valence electrons. The normalized spacial score (nSPS) is 45.5. The number of nitrogens with zero attached hydrogens (tertiary/aromatic N) is 3. The van der Waals surface area contributed by atoms with Crippen LogP contribution in [0.25, 0.3) is 0 Å². The lowest BCUT2D eigenvalue weighted by atomic mass is 9.37. The zero-order chi connectivity index (χ0) is 23.5. The maximum atomic E-state index is 14.4. The van der Waals surface area contributed by atoms with Gasteiger partial charge in [0, 0.05) is 11.5 Å². The molecule has 0 spiro atoms. The lowest BCUT2D eigenvalue weighted by Gasteiger charge is -2.71. The van der Waals surface area contributed by atoms with Gasteiger partial charge in [-0.1, -0.05) is 69.3 Å². The summed E-state index contributed by atoms with van der Waals surface area (Å²) < 4.78 is 5.42. The Kier molecular flexibility index (Phi) is 3.08. The Labute approximate surface area is 199 Å². The molecule has 9 rings (SSSR count). The predicted molar refractivity (Wildman–Crippen MR) is 131 cm³/mol. The molecule has 0 N–H and O–H groups in total. The molecule has 0 saturated heterocycles. The van der Waals surface area contributed by atoms with Crippen LogP contribution in [0.15, 0.2) is 58.2 Å². The van der Waals surface area contributed by atoms with Gasteiger partial charge < -0.3 is 0 Å². The third-order valence-corrected chi connectivity index (χ3v) is 12.3. The zero-order valence-electron chi connectivity index (χ0n) is 20.5. The van der Waals surface area contributed by atoms with Crippen LogP contribution in [0.3, 0.4) is 0 Å². The molecule has 2 saturated carbocycles. The average molecular weight is 456 g/mol. The van der Waals surface area contributed by atoms with Crippen LogP contribution in [0, 0.1) is 22.2 Å². The quantitative estimate of drug-likeness (QED) is 0.596. The highest BCUT2D eigenvalue weighted by atomic mass is 16.2. The van der Waals surface area contributed by atoms with Gasteiger partial charge in [0.2, 0.25) is 0 Å². The molecule has 0 amide bonds. The molecule has 1 aromatic carbocycles. The van der Waals surface area contributed by atoms with Crippen molar-refractivity contribution >= 4 is 0 Å². The Morgan fingerprint density at radius 2 is 1.74 bits per heavy atom.